The SMILES string of the molecule is CCCS(=O)(=O)NC(C)C(=O)N1CCOCC1C(=O)OC. The number of carbonyl (C=O) groups excluding carboxylic acids is 2. The van der Waals surface area contributed by atoms with Crippen molar-refractivity contribution < 1.29 is 27.5 Å². The topological polar surface area (TPSA) is 102 Å². The number of amides is 1. The van der Waals surface area contributed by atoms with Crippen LogP contribution in [0.4, 0.5) is 0 Å². The maximum absolute atomic E-state index is 12.3. The fraction of sp³-hybridized carbons (Fsp3) is 0.833. The number of esters is 1. The van der Waals surface area contributed by atoms with E-state index in [1.165, 1.54) is 18.9 Å². The number of methoxy groups -OCH3 is 1. The summed E-state index contributed by atoms with van der Waals surface area (Å²) in [7, 11) is -2.27. The van der Waals surface area contributed by atoms with Crippen LogP contribution in [0, 0.1) is 0 Å². The fourth-order valence-electron chi connectivity index (χ4n) is 2.09. The second-order valence-electron chi connectivity index (χ2n) is 4.80. The molecule has 21 heavy (non-hydrogen) atoms. The molecule has 0 aliphatic carbocycles. The molecule has 1 rings (SSSR count). The highest BCUT2D eigenvalue weighted by Gasteiger charge is 2.36. The first-order chi connectivity index (χ1) is 9.82. The lowest BCUT2D eigenvalue weighted by Crippen LogP contribution is -2.57. The van der Waals surface area contributed by atoms with Crippen molar-refractivity contribution >= 4 is 21.9 Å². The molecule has 0 aromatic heterocycles. The van der Waals surface area contributed by atoms with Crippen LogP contribution in [0.15, 0.2) is 0 Å². The number of ether oxygens (including phenoxy) is 2. The predicted molar refractivity (Wildman–Crippen MR) is 75.0 cm³/mol. The fourth-order valence-corrected chi connectivity index (χ4v) is 3.39. The van der Waals surface area contributed by atoms with Crippen molar-refractivity contribution in [1.82, 2.24) is 9.62 Å². The van der Waals surface area contributed by atoms with E-state index in [-0.39, 0.29) is 18.9 Å². The molecule has 122 valence electrons. The average Bonchev–Trinajstić information content (AvgIpc) is 2.45. The van der Waals surface area contributed by atoms with Gasteiger partial charge in [-0.3, -0.25) is 4.79 Å². The molecule has 1 heterocycles. The summed E-state index contributed by atoms with van der Waals surface area (Å²) in [6.45, 7) is 3.76. The van der Waals surface area contributed by atoms with Crippen molar-refractivity contribution in [3.8, 4) is 0 Å². The van der Waals surface area contributed by atoms with E-state index in [4.69, 9.17) is 4.74 Å². The second kappa shape index (κ2) is 7.71. The van der Waals surface area contributed by atoms with E-state index in [1.54, 1.807) is 6.92 Å². The van der Waals surface area contributed by atoms with Crippen molar-refractivity contribution in [3.63, 3.8) is 0 Å². The predicted octanol–water partition coefficient (Wildman–Crippen LogP) is -0.895. The largest absolute Gasteiger partial charge is 0.467 e. The minimum Gasteiger partial charge on any atom is -0.467 e. The van der Waals surface area contributed by atoms with Gasteiger partial charge in [0.1, 0.15) is 0 Å². The molecular formula is C12H22N2O6S. The van der Waals surface area contributed by atoms with E-state index in [0.717, 1.165) is 0 Å². The molecule has 0 spiro atoms. The Morgan fingerprint density at radius 1 is 1.48 bits per heavy atom. The van der Waals surface area contributed by atoms with Gasteiger partial charge >= 0.3 is 5.97 Å². The van der Waals surface area contributed by atoms with Gasteiger partial charge in [-0.05, 0) is 13.3 Å². The molecule has 0 bridgehead atoms. The Kier molecular flexibility index (Phi) is 6.56. The van der Waals surface area contributed by atoms with Crippen molar-refractivity contribution in [3.05, 3.63) is 0 Å². The highest BCUT2D eigenvalue weighted by atomic mass is 32.2. The maximum atomic E-state index is 12.3. The lowest BCUT2D eigenvalue weighted by Gasteiger charge is -2.35. The highest BCUT2D eigenvalue weighted by Crippen LogP contribution is 2.11. The van der Waals surface area contributed by atoms with E-state index in [9.17, 15) is 18.0 Å². The zero-order valence-electron chi connectivity index (χ0n) is 12.5. The first-order valence-electron chi connectivity index (χ1n) is 6.78. The van der Waals surface area contributed by atoms with Gasteiger partial charge in [-0.15, -0.1) is 0 Å². The molecule has 0 aromatic rings. The van der Waals surface area contributed by atoms with Gasteiger partial charge < -0.3 is 14.4 Å². The Morgan fingerprint density at radius 2 is 2.14 bits per heavy atom. The molecule has 2 unspecified atom stereocenters. The van der Waals surface area contributed by atoms with Crippen molar-refractivity contribution in [2.75, 3.05) is 32.6 Å². The number of nitrogens with zero attached hydrogens (tertiary/aromatic N) is 1. The van der Waals surface area contributed by atoms with Crippen molar-refractivity contribution in [1.29, 1.82) is 0 Å². The summed E-state index contributed by atoms with van der Waals surface area (Å²) in [6.07, 6.45) is 0.457. The average molecular weight is 322 g/mol. The molecule has 8 nitrogen and oxygen atoms in total. The third-order valence-electron chi connectivity index (χ3n) is 3.08. The number of morpholine rings is 1. The molecule has 0 saturated carbocycles. The molecule has 1 N–H and O–H groups in total. The van der Waals surface area contributed by atoms with Gasteiger partial charge in [0.15, 0.2) is 6.04 Å². The quantitative estimate of drug-likeness (QED) is 0.636. The molecular weight excluding hydrogens is 300 g/mol. The lowest BCUT2D eigenvalue weighted by molar-refractivity contribution is -0.161. The van der Waals surface area contributed by atoms with Gasteiger partial charge in [-0.1, -0.05) is 6.92 Å². The van der Waals surface area contributed by atoms with Crippen molar-refractivity contribution in [2.45, 2.75) is 32.4 Å². The molecule has 1 fully saturated rings. The minimum atomic E-state index is -3.50. The third kappa shape index (κ3) is 4.94. The second-order valence-corrected chi connectivity index (χ2v) is 6.68. The smallest absolute Gasteiger partial charge is 0.331 e. The van der Waals surface area contributed by atoms with E-state index < -0.39 is 34.0 Å². The summed E-state index contributed by atoms with van der Waals surface area (Å²) < 4.78 is 35.5. The molecule has 1 aliphatic heterocycles. The molecule has 1 saturated heterocycles. The van der Waals surface area contributed by atoms with E-state index >= 15 is 0 Å². The Morgan fingerprint density at radius 3 is 2.71 bits per heavy atom. The number of sulfonamides is 1. The Bertz CT molecular complexity index is 478. The van der Waals surface area contributed by atoms with Crippen LogP contribution >= 0.6 is 0 Å². The Labute approximate surface area is 124 Å². The minimum absolute atomic E-state index is 0.0475. The normalized spacial score (nSPS) is 20.9. The summed E-state index contributed by atoms with van der Waals surface area (Å²) in [6, 6.07) is -1.78. The van der Waals surface area contributed by atoms with Crippen LogP contribution in [0.2, 0.25) is 0 Å². The van der Waals surface area contributed by atoms with Crippen molar-refractivity contribution in [2.24, 2.45) is 0 Å². The molecule has 0 radical (unpaired) electrons. The Balaban J connectivity index is 2.77. The first kappa shape index (κ1) is 17.9. The molecule has 1 aliphatic rings. The van der Waals surface area contributed by atoms with Crippen LogP contribution in [0.1, 0.15) is 20.3 Å². The van der Waals surface area contributed by atoms with Gasteiger partial charge in [0.2, 0.25) is 15.9 Å². The van der Waals surface area contributed by atoms with Crippen LogP contribution in [0.3, 0.4) is 0 Å². The number of hydrogen-bond donors (Lipinski definition) is 1. The van der Waals surface area contributed by atoms with Crippen LogP contribution in [0.25, 0.3) is 0 Å². The molecule has 2 atom stereocenters. The molecule has 1 amide bonds. The number of rotatable bonds is 6. The zero-order valence-corrected chi connectivity index (χ0v) is 13.3. The number of nitrogens with one attached hydrogen (secondary N) is 1. The zero-order chi connectivity index (χ0) is 16.0. The summed E-state index contributed by atoms with van der Waals surface area (Å²) in [5.74, 6) is -1.09. The van der Waals surface area contributed by atoms with E-state index in [2.05, 4.69) is 9.46 Å². The standard InChI is InChI=1S/C12H22N2O6S/c1-4-7-21(17,18)13-9(2)11(15)14-5-6-20-8-10(14)12(16)19-3/h9-10,13H,4-8H2,1-3H3. The van der Waals surface area contributed by atoms with Gasteiger partial charge in [-0.2, -0.15) is 0 Å². The third-order valence-corrected chi connectivity index (χ3v) is 4.74. The summed E-state index contributed by atoms with van der Waals surface area (Å²) in [5, 5.41) is 0. The maximum Gasteiger partial charge on any atom is 0.331 e. The Hall–Kier alpha value is -1.19. The number of hydrogen-bond acceptors (Lipinski definition) is 6. The van der Waals surface area contributed by atoms with Gasteiger partial charge in [0.05, 0.1) is 32.1 Å². The van der Waals surface area contributed by atoms with Gasteiger partial charge in [0.25, 0.3) is 0 Å². The van der Waals surface area contributed by atoms with Crippen LogP contribution in [-0.4, -0.2) is 69.9 Å². The van der Waals surface area contributed by atoms with Crippen LogP contribution in [-0.2, 0) is 29.1 Å². The molecule has 0 aromatic carbocycles. The highest BCUT2D eigenvalue weighted by molar-refractivity contribution is 7.89. The van der Waals surface area contributed by atoms with Gasteiger partial charge in [0, 0.05) is 6.54 Å². The van der Waals surface area contributed by atoms with Gasteiger partial charge in [-0.25, -0.2) is 17.9 Å². The summed E-state index contributed by atoms with van der Waals surface area (Å²) in [5.41, 5.74) is 0. The number of carbonyl (C=O) groups is 2. The van der Waals surface area contributed by atoms with E-state index in [0.29, 0.717) is 13.0 Å². The van der Waals surface area contributed by atoms with Crippen LogP contribution in [0.5, 0.6) is 0 Å². The van der Waals surface area contributed by atoms with E-state index in [1.807, 2.05) is 0 Å². The van der Waals surface area contributed by atoms with Crippen LogP contribution < -0.4 is 4.72 Å². The summed E-state index contributed by atoms with van der Waals surface area (Å²) >= 11 is 0. The monoisotopic (exact) mass is 322 g/mol. The summed E-state index contributed by atoms with van der Waals surface area (Å²) in [4.78, 5) is 25.3. The first-order valence-corrected chi connectivity index (χ1v) is 8.43. The molecule has 9 heteroatoms. The lowest BCUT2D eigenvalue weighted by atomic mass is 10.2.